The van der Waals surface area contributed by atoms with E-state index in [4.69, 9.17) is 5.73 Å². The topological polar surface area (TPSA) is 55.1 Å². The number of fused-ring (bicyclic) bond motifs is 1. The minimum Gasteiger partial charge on any atom is -0.355 e. The largest absolute Gasteiger partial charge is 0.355 e. The second kappa shape index (κ2) is 6.20. The monoisotopic (exact) mass is 260 g/mol. The molecule has 2 rings (SSSR count). The highest BCUT2D eigenvalue weighted by atomic mass is 16.2. The SMILES string of the molecule is CC1(C(=O)NCCCCN)CCCc2ccccc21. The van der Waals surface area contributed by atoms with Crippen LogP contribution in [0.25, 0.3) is 0 Å². The predicted octanol–water partition coefficient (Wildman–Crippen LogP) is 2.14. The molecule has 1 amide bonds. The predicted molar refractivity (Wildman–Crippen MR) is 78.0 cm³/mol. The van der Waals surface area contributed by atoms with Crippen molar-refractivity contribution >= 4 is 5.91 Å². The average molecular weight is 260 g/mol. The van der Waals surface area contributed by atoms with E-state index in [0.717, 1.165) is 38.6 Å². The number of hydrogen-bond donors (Lipinski definition) is 2. The van der Waals surface area contributed by atoms with Gasteiger partial charge in [-0.2, -0.15) is 0 Å². The molecule has 0 saturated heterocycles. The van der Waals surface area contributed by atoms with E-state index in [-0.39, 0.29) is 11.3 Å². The van der Waals surface area contributed by atoms with Crippen LogP contribution >= 0.6 is 0 Å². The molecule has 19 heavy (non-hydrogen) atoms. The summed E-state index contributed by atoms with van der Waals surface area (Å²) in [6.07, 6.45) is 5.04. The maximum Gasteiger partial charge on any atom is 0.230 e. The molecule has 0 radical (unpaired) electrons. The molecule has 1 aliphatic carbocycles. The first-order valence-electron chi connectivity index (χ1n) is 7.25. The van der Waals surface area contributed by atoms with Crippen molar-refractivity contribution in [1.82, 2.24) is 5.32 Å². The number of hydrogen-bond acceptors (Lipinski definition) is 2. The van der Waals surface area contributed by atoms with Gasteiger partial charge in [0.1, 0.15) is 0 Å². The third-order valence-electron chi connectivity index (χ3n) is 4.15. The molecule has 0 saturated carbocycles. The van der Waals surface area contributed by atoms with Crippen molar-refractivity contribution in [3.05, 3.63) is 35.4 Å². The highest BCUT2D eigenvalue weighted by Crippen LogP contribution is 2.37. The van der Waals surface area contributed by atoms with Crippen LogP contribution in [0.4, 0.5) is 0 Å². The number of amides is 1. The Kier molecular flexibility index (Phi) is 4.59. The summed E-state index contributed by atoms with van der Waals surface area (Å²) in [6.45, 7) is 3.49. The summed E-state index contributed by atoms with van der Waals surface area (Å²) in [5, 5.41) is 3.07. The van der Waals surface area contributed by atoms with E-state index in [1.54, 1.807) is 0 Å². The zero-order valence-corrected chi connectivity index (χ0v) is 11.7. The van der Waals surface area contributed by atoms with Gasteiger partial charge in [-0.05, 0) is 56.7 Å². The van der Waals surface area contributed by atoms with Crippen LogP contribution in [0.15, 0.2) is 24.3 Å². The molecule has 1 unspecified atom stereocenters. The molecule has 1 aromatic carbocycles. The smallest absolute Gasteiger partial charge is 0.230 e. The number of unbranched alkanes of at least 4 members (excludes halogenated alkanes) is 1. The van der Waals surface area contributed by atoms with Crippen LogP contribution in [-0.4, -0.2) is 19.0 Å². The summed E-state index contributed by atoms with van der Waals surface area (Å²) in [5.41, 5.74) is 7.63. The van der Waals surface area contributed by atoms with Crippen molar-refractivity contribution in [3.63, 3.8) is 0 Å². The van der Waals surface area contributed by atoms with Crippen LogP contribution in [0.1, 0.15) is 43.7 Å². The Morgan fingerprint density at radius 3 is 2.95 bits per heavy atom. The Morgan fingerprint density at radius 2 is 2.16 bits per heavy atom. The van der Waals surface area contributed by atoms with E-state index in [1.165, 1.54) is 11.1 Å². The summed E-state index contributed by atoms with van der Waals surface area (Å²) in [5.74, 6) is 0.164. The zero-order chi connectivity index (χ0) is 13.7. The Labute approximate surface area is 115 Å². The number of aryl methyl sites for hydroxylation is 1. The van der Waals surface area contributed by atoms with Crippen molar-refractivity contribution in [3.8, 4) is 0 Å². The van der Waals surface area contributed by atoms with Gasteiger partial charge in [0.15, 0.2) is 0 Å². The van der Waals surface area contributed by atoms with Crippen LogP contribution in [0.2, 0.25) is 0 Å². The number of nitrogens with two attached hydrogens (primary N) is 1. The molecule has 3 nitrogen and oxygen atoms in total. The van der Waals surface area contributed by atoms with E-state index in [2.05, 4.69) is 30.4 Å². The van der Waals surface area contributed by atoms with Gasteiger partial charge in [0.25, 0.3) is 0 Å². The van der Waals surface area contributed by atoms with Gasteiger partial charge in [-0.3, -0.25) is 4.79 Å². The molecule has 3 N–H and O–H groups in total. The molecule has 0 spiro atoms. The van der Waals surface area contributed by atoms with E-state index in [9.17, 15) is 4.79 Å². The van der Waals surface area contributed by atoms with Crippen LogP contribution in [0, 0.1) is 0 Å². The molecule has 1 aliphatic rings. The van der Waals surface area contributed by atoms with Crippen molar-refractivity contribution in [2.24, 2.45) is 5.73 Å². The molecule has 1 atom stereocenters. The zero-order valence-electron chi connectivity index (χ0n) is 11.7. The number of carbonyl (C=O) groups is 1. The van der Waals surface area contributed by atoms with Gasteiger partial charge in [-0.25, -0.2) is 0 Å². The van der Waals surface area contributed by atoms with Gasteiger partial charge >= 0.3 is 0 Å². The van der Waals surface area contributed by atoms with Crippen molar-refractivity contribution < 1.29 is 4.79 Å². The molecule has 3 heteroatoms. The molecular formula is C16H24N2O. The summed E-state index contributed by atoms with van der Waals surface area (Å²) in [7, 11) is 0. The van der Waals surface area contributed by atoms with Crippen LogP contribution in [-0.2, 0) is 16.6 Å². The normalized spacial score (nSPS) is 21.8. The summed E-state index contributed by atoms with van der Waals surface area (Å²) in [4.78, 5) is 12.5. The van der Waals surface area contributed by atoms with Gasteiger partial charge in [0, 0.05) is 6.54 Å². The van der Waals surface area contributed by atoms with Gasteiger partial charge in [-0.15, -0.1) is 0 Å². The quantitative estimate of drug-likeness (QED) is 0.797. The van der Waals surface area contributed by atoms with Crippen molar-refractivity contribution in [2.45, 2.75) is 44.4 Å². The van der Waals surface area contributed by atoms with Gasteiger partial charge in [-0.1, -0.05) is 24.3 Å². The molecule has 0 aromatic heterocycles. The lowest BCUT2D eigenvalue weighted by Gasteiger charge is -2.34. The fourth-order valence-corrected chi connectivity index (χ4v) is 2.95. The van der Waals surface area contributed by atoms with Gasteiger partial charge in [0.2, 0.25) is 5.91 Å². The van der Waals surface area contributed by atoms with Crippen molar-refractivity contribution in [2.75, 3.05) is 13.1 Å². The molecule has 0 bridgehead atoms. The molecule has 104 valence electrons. The number of carbonyl (C=O) groups excluding carboxylic acids is 1. The van der Waals surface area contributed by atoms with E-state index in [0.29, 0.717) is 6.54 Å². The standard InChI is InChI=1S/C16H24N2O/c1-16(15(19)18-12-5-4-11-17)10-6-8-13-7-2-3-9-14(13)16/h2-3,7,9H,4-6,8,10-12,17H2,1H3,(H,18,19). The molecule has 1 aromatic rings. The summed E-state index contributed by atoms with van der Waals surface area (Å²) in [6, 6.07) is 8.34. The average Bonchev–Trinajstić information content (AvgIpc) is 2.44. The maximum atomic E-state index is 12.5. The molecular weight excluding hydrogens is 236 g/mol. The second-order valence-electron chi connectivity index (χ2n) is 5.59. The highest BCUT2D eigenvalue weighted by molar-refractivity contribution is 5.88. The third-order valence-corrected chi connectivity index (χ3v) is 4.15. The number of nitrogens with one attached hydrogen (secondary N) is 1. The maximum absolute atomic E-state index is 12.5. The lowest BCUT2D eigenvalue weighted by molar-refractivity contribution is -0.126. The molecule has 0 aliphatic heterocycles. The minimum atomic E-state index is -0.364. The second-order valence-corrected chi connectivity index (χ2v) is 5.59. The van der Waals surface area contributed by atoms with Crippen LogP contribution in [0.3, 0.4) is 0 Å². The molecule has 0 heterocycles. The van der Waals surface area contributed by atoms with Gasteiger partial charge < -0.3 is 11.1 Å². The van der Waals surface area contributed by atoms with Crippen LogP contribution in [0.5, 0.6) is 0 Å². The highest BCUT2D eigenvalue weighted by Gasteiger charge is 2.38. The Balaban J connectivity index is 2.08. The van der Waals surface area contributed by atoms with Crippen molar-refractivity contribution in [1.29, 1.82) is 0 Å². The lowest BCUT2D eigenvalue weighted by Crippen LogP contribution is -2.44. The van der Waals surface area contributed by atoms with E-state index < -0.39 is 0 Å². The number of benzene rings is 1. The lowest BCUT2D eigenvalue weighted by atomic mass is 9.70. The van der Waals surface area contributed by atoms with E-state index >= 15 is 0 Å². The van der Waals surface area contributed by atoms with Crippen LogP contribution < -0.4 is 11.1 Å². The first-order chi connectivity index (χ1) is 9.18. The fraction of sp³-hybridized carbons (Fsp3) is 0.562. The fourth-order valence-electron chi connectivity index (χ4n) is 2.95. The summed E-state index contributed by atoms with van der Waals surface area (Å²) < 4.78 is 0. The molecule has 0 fully saturated rings. The summed E-state index contributed by atoms with van der Waals surface area (Å²) >= 11 is 0. The Morgan fingerprint density at radius 1 is 1.37 bits per heavy atom. The third kappa shape index (κ3) is 2.98. The Hall–Kier alpha value is -1.35. The van der Waals surface area contributed by atoms with Gasteiger partial charge in [0.05, 0.1) is 5.41 Å². The number of rotatable bonds is 5. The van der Waals surface area contributed by atoms with E-state index in [1.807, 2.05) is 6.07 Å². The first kappa shape index (κ1) is 14.1. The Bertz CT molecular complexity index is 444. The first-order valence-corrected chi connectivity index (χ1v) is 7.25. The minimum absolute atomic E-state index is 0.164.